The molecule has 0 atom stereocenters. The van der Waals surface area contributed by atoms with Crippen molar-refractivity contribution in [3.05, 3.63) is 82.9 Å². The van der Waals surface area contributed by atoms with Gasteiger partial charge in [0.25, 0.3) is 15.9 Å². The average molecular weight is 494 g/mol. The minimum absolute atomic E-state index is 0.00505. The van der Waals surface area contributed by atoms with Crippen molar-refractivity contribution in [2.45, 2.75) is 11.8 Å². The highest BCUT2D eigenvalue weighted by molar-refractivity contribution is 7.92. The number of rotatable bonds is 7. The minimum Gasteiger partial charge on any atom is -0.322 e. The number of amides is 1. The number of nitrogens with one attached hydrogen (secondary N) is 3. The number of carbonyl (C=O) groups is 1. The fourth-order valence-electron chi connectivity index (χ4n) is 2.76. The Morgan fingerprint density at radius 3 is 2.16 bits per heavy atom. The van der Waals surface area contributed by atoms with Crippen LogP contribution in [0.25, 0.3) is 0 Å². The van der Waals surface area contributed by atoms with E-state index in [9.17, 15) is 21.6 Å². The van der Waals surface area contributed by atoms with Crippen LogP contribution in [0.1, 0.15) is 15.9 Å². The fraction of sp³-hybridized carbons (Fsp3) is 0.0952. The van der Waals surface area contributed by atoms with Gasteiger partial charge in [-0.1, -0.05) is 23.7 Å². The number of halogens is 1. The summed E-state index contributed by atoms with van der Waals surface area (Å²) in [5.41, 5.74) is 1.89. The molecule has 0 aromatic heterocycles. The summed E-state index contributed by atoms with van der Waals surface area (Å²) in [6, 6.07) is 16.6. The maximum atomic E-state index is 12.6. The molecule has 0 saturated heterocycles. The normalized spacial score (nSPS) is 11.6. The number of benzene rings is 3. The van der Waals surface area contributed by atoms with E-state index in [4.69, 9.17) is 11.6 Å². The Kier molecular flexibility index (Phi) is 6.77. The molecule has 0 unspecified atom stereocenters. The highest BCUT2D eigenvalue weighted by atomic mass is 35.5. The monoisotopic (exact) mass is 493 g/mol. The van der Waals surface area contributed by atoms with Crippen LogP contribution < -0.4 is 14.8 Å². The van der Waals surface area contributed by atoms with Crippen LogP contribution in [0, 0.1) is 6.92 Å². The van der Waals surface area contributed by atoms with Crippen LogP contribution in [0.5, 0.6) is 0 Å². The first-order chi connectivity index (χ1) is 14.9. The summed E-state index contributed by atoms with van der Waals surface area (Å²) in [6.45, 7) is 1.71. The quantitative estimate of drug-likeness (QED) is 0.458. The summed E-state index contributed by atoms with van der Waals surface area (Å²) in [6.07, 6.45) is 1.02. The maximum Gasteiger partial charge on any atom is 0.261 e. The summed E-state index contributed by atoms with van der Waals surface area (Å²) in [5, 5.41) is 3.05. The first kappa shape index (κ1) is 23.6. The number of sulfonamides is 2. The van der Waals surface area contributed by atoms with Gasteiger partial charge in [-0.3, -0.25) is 14.2 Å². The van der Waals surface area contributed by atoms with Crippen molar-refractivity contribution in [3.63, 3.8) is 0 Å². The summed E-state index contributed by atoms with van der Waals surface area (Å²) < 4.78 is 52.9. The maximum absolute atomic E-state index is 12.6. The van der Waals surface area contributed by atoms with Crippen molar-refractivity contribution in [1.29, 1.82) is 0 Å². The summed E-state index contributed by atoms with van der Waals surface area (Å²) in [7, 11) is -7.34. The second-order valence-electron chi connectivity index (χ2n) is 7.00. The molecule has 0 fully saturated rings. The third-order valence-electron chi connectivity index (χ3n) is 4.29. The van der Waals surface area contributed by atoms with Gasteiger partial charge in [-0.15, -0.1) is 0 Å². The molecule has 0 spiro atoms. The van der Waals surface area contributed by atoms with Crippen molar-refractivity contribution in [2.24, 2.45) is 0 Å². The molecule has 0 heterocycles. The van der Waals surface area contributed by atoms with Crippen molar-refractivity contribution in [1.82, 2.24) is 0 Å². The second-order valence-corrected chi connectivity index (χ2v) is 10.9. The molecular weight excluding hydrogens is 474 g/mol. The Labute approximate surface area is 191 Å². The minimum atomic E-state index is -3.84. The van der Waals surface area contributed by atoms with Crippen LogP contribution in [0.2, 0.25) is 5.02 Å². The predicted molar refractivity (Wildman–Crippen MR) is 126 cm³/mol. The lowest BCUT2D eigenvalue weighted by atomic mass is 10.1. The first-order valence-electron chi connectivity index (χ1n) is 9.21. The Morgan fingerprint density at radius 2 is 1.53 bits per heavy atom. The zero-order valence-corrected chi connectivity index (χ0v) is 19.5. The second kappa shape index (κ2) is 9.19. The van der Waals surface area contributed by atoms with Gasteiger partial charge in [0.2, 0.25) is 10.0 Å². The van der Waals surface area contributed by atoms with E-state index in [1.54, 1.807) is 37.3 Å². The molecule has 32 heavy (non-hydrogen) atoms. The van der Waals surface area contributed by atoms with Crippen LogP contribution >= 0.6 is 11.6 Å². The molecular formula is C21H20ClN3O5S2. The molecule has 0 aliphatic carbocycles. The Bertz CT molecular complexity index is 1370. The lowest BCUT2D eigenvalue weighted by molar-refractivity contribution is 0.102. The third-order valence-corrected chi connectivity index (χ3v) is 6.52. The van der Waals surface area contributed by atoms with E-state index in [0.717, 1.165) is 6.26 Å². The summed E-state index contributed by atoms with van der Waals surface area (Å²) >= 11 is 5.88. The van der Waals surface area contributed by atoms with Crippen LogP contribution in [0.4, 0.5) is 17.1 Å². The van der Waals surface area contributed by atoms with Crippen molar-refractivity contribution < 1.29 is 21.6 Å². The molecule has 3 aromatic rings. The summed E-state index contributed by atoms with van der Waals surface area (Å²) in [4.78, 5) is 12.6. The fourth-order valence-corrected chi connectivity index (χ4v) is 4.62. The zero-order valence-electron chi connectivity index (χ0n) is 17.1. The van der Waals surface area contributed by atoms with Gasteiger partial charge < -0.3 is 5.32 Å². The molecule has 0 saturated carbocycles. The highest BCUT2D eigenvalue weighted by Crippen LogP contribution is 2.22. The van der Waals surface area contributed by atoms with E-state index < -0.39 is 26.0 Å². The average Bonchev–Trinajstić information content (AvgIpc) is 2.68. The van der Waals surface area contributed by atoms with E-state index >= 15 is 0 Å². The van der Waals surface area contributed by atoms with Gasteiger partial charge in [0.1, 0.15) is 0 Å². The first-order valence-corrected chi connectivity index (χ1v) is 13.0. The van der Waals surface area contributed by atoms with Crippen molar-refractivity contribution >= 4 is 54.6 Å². The third kappa shape index (κ3) is 6.22. The van der Waals surface area contributed by atoms with Gasteiger partial charge in [0.05, 0.1) is 22.5 Å². The molecule has 0 radical (unpaired) electrons. The molecule has 8 nitrogen and oxygen atoms in total. The van der Waals surface area contributed by atoms with Crippen molar-refractivity contribution in [3.8, 4) is 0 Å². The van der Waals surface area contributed by atoms with Gasteiger partial charge >= 0.3 is 0 Å². The lowest BCUT2D eigenvalue weighted by Crippen LogP contribution is -2.15. The number of anilines is 3. The van der Waals surface area contributed by atoms with E-state index in [0.29, 0.717) is 27.6 Å². The molecule has 3 aromatic carbocycles. The van der Waals surface area contributed by atoms with Gasteiger partial charge in [-0.05, 0) is 67.1 Å². The lowest BCUT2D eigenvalue weighted by Gasteiger charge is -2.11. The van der Waals surface area contributed by atoms with Crippen LogP contribution in [-0.2, 0) is 20.0 Å². The van der Waals surface area contributed by atoms with Gasteiger partial charge in [0.15, 0.2) is 0 Å². The van der Waals surface area contributed by atoms with Gasteiger partial charge in [-0.25, -0.2) is 16.8 Å². The van der Waals surface area contributed by atoms with Crippen LogP contribution in [0.15, 0.2) is 71.6 Å². The van der Waals surface area contributed by atoms with Crippen LogP contribution in [-0.4, -0.2) is 29.0 Å². The van der Waals surface area contributed by atoms with E-state index in [1.807, 2.05) is 0 Å². The molecule has 168 valence electrons. The smallest absolute Gasteiger partial charge is 0.261 e. The van der Waals surface area contributed by atoms with E-state index in [-0.39, 0.29) is 10.5 Å². The zero-order chi connectivity index (χ0) is 23.5. The Balaban J connectivity index is 1.74. The number of hydrogen-bond donors (Lipinski definition) is 3. The predicted octanol–water partition coefficient (Wildman–Crippen LogP) is 4.07. The van der Waals surface area contributed by atoms with E-state index in [1.165, 1.54) is 36.4 Å². The topological polar surface area (TPSA) is 121 Å². The molecule has 1 amide bonds. The Hall–Kier alpha value is -3.08. The standard InChI is InChI=1S/C21H20ClN3O5S2/c1-14-6-7-15(12-20(14)25-31(2,27)28)21(26)23-17-8-10-19(11-9-17)32(29,30)24-18-5-3-4-16(22)13-18/h3-13,24-25H,1-2H3,(H,23,26). The molecule has 0 aliphatic rings. The number of hydrogen-bond acceptors (Lipinski definition) is 5. The van der Waals surface area contributed by atoms with Crippen molar-refractivity contribution in [2.75, 3.05) is 21.0 Å². The highest BCUT2D eigenvalue weighted by Gasteiger charge is 2.15. The number of carbonyl (C=O) groups excluding carboxylic acids is 1. The largest absolute Gasteiger partial charge is 0.322 e. The Morgan fingerprint density at radius 1 is 0.844 bits per heavy atom. The molecule has 0 aliphatic heterocycles. The van der Waals surface area contributed by atoms with Gasteiger partial charge in [0, 0.05) is 16.3 Å². The summed E-state index contributed by atoms with van der Waals surface area (Å²) in [5.74, 6) is -0.478. The molecule has 3 N–H and O–H groups in total. The molecule has 0 bridgehead atoms. The van der Waals surface area contributed by atoms with E-state index in [2.05, 4.69) is 14.8 Å². The number of aryl methyl sites for hydroxylation is 1. The molecule has 3 rings (SSSR count). The van der Waals surface area contributed by atoms with Gasteiger partial charge in [-0.2, -0.15) is 0 Å². The van der Waals surface area contributed by atoms with Crippen LogP contribution in [0.3, 0.4) is 0 Å². The SMILES string of the molecule is Cc1ccc(C(=O)Nc2ccc(S(=O)(=O)Nc3cccc(Cl)c3)cc2)cc1NS(C)(=O)=O. The molecule has 11 heteroatoms.